The molecular formula is C19H19IN2O4. The lowest BCUT2D eigenvalue weighted by atomic mass is 10.2. The average Bonchev–Trinajstić information content (AvgIpc) is 2.65. The number of hydrazine groups is 1. The van der Waals surface area contributed by atoms with E-state index in [9.17, 15) is 14.4 Å². The van der Waals surface area contributed by atoms with Gasteiger partial charge in [-0.05, 0) is 40.3 Å². The van der Waals surface area contributed by atoms with Gasteiger partial charge in [-0.2, -0.15) is 0 Å². The number of halogens is 1. The lowest BCUT2D eigenvalue weighted by Gasteiger charge is -2.08. The van der Waals surface area contributed by atoms with Crippen molar-refractivity contribution >= 4 is 40.4 Å². The van der Waals surface area contributed by atoms with Crippen LogP contribution in [0.4, 0.5) is 0 Å². The maximum atomic E-state index is 12.0. The Hall–Kier alpha value is -2.42. The number of nitrogens with one attached hydrogen (secondary N) is 2. The molecule has 0 aliphatic heterocycles. The highest BCUT2D eigenvalue weighted by molar-refractivity contribution is 14.1. The van der Waals surface area contributed by atoms with E-state index in [1.54, 1.807) is 18.2 Å². The number of amides is 2. The molecule has 7 heteroatoms. The number of hydrogen-bond acceptors (Lipinski definition) is 4. The minimum absolute atomic E-state index is 0.0423. The molecule has 0 saturated heterocycles. The monoisotopic (exact) mass is 466 g/mol. The number of rotatable bonds is 7. The maximum Gasteiger partial charge on any atom is 0.306 e. The van der Waals surface area contributed by atoms with E-state index < -0.39 is 17.8 Å². The van der Waals surface area contributed by atoms with Crippen molar-refractivity contribution in [1.82, 2.24) is 10.9 Å². The smallest absolute Gasteiger partial charge is 0.306 e. The van der Waals surface area contributed by atoms with E-state index in [2.05, 4.69) is 10.9 Å². The molecule has 2 amide bonds. The normalized spacial score (nSPS) is 10.0. The SMILES string of the molecule is O=C(CCC(=O)OCCc1ccccc1)NNC(=O)c1ccccc1I. The van der Waals surface area contributed by atoms with Gasteiger partial charge in [0, 0.05) is 16.4 Å². The van der Waals surface area contributed by atoms with Crippen molar-refractivity contribution in [3.8, 4) is 0 Å². The van der Waals surface area contributed by atoms with Gasteiger partial charge in [0.25, 0.3) is 5.91 Å². The van der Waals surface area contributed by atoms with Crippen LogP contribution < -0.4 is 10.9 Å². The zero-order valence-electron chi connectivity index (χ0n) is 14.0. The van der Waals surface area contributed by atoms with Crippen LogP contribution in [0.2, 0.25) is 0 Å². The van der Waals surface area contributed by atoms with Gasteiger partial charge in [0.15, 0.2) is 0 Å². The van der Waals surface area contributed by atoms with Crippen molar-refractivity contribution in [1.29, 1.82) is 0 Å². The Labute approximate surface area is 165 Å². The van der Waals surface area contributed by atoms with Crippen LogP contribution in [0.25, 0.3) is 0 Å². The summed E-state index contributed by atoms with van der Waals surface area (Å²) in [5.41, 5.74) is 6.17. The van der Waals surface area contributed by atoms with Gasteiger partial charge in [0.2, 0.25) is 5.91 Å². The number of ether oxygens (including phenoxy) is 1. The number of esters is 1. The predicted octanol–water partition coefficient (Wildman–Crippen LogP) is 2.62. The molecule has 26 heavy (non-hydrogen) atoms. The minimum Gasteiger partial charge on any atom is -0.465 e. The van der Waals surface area contributed by atoms with Gasteiger partial charge in [0.05, 0.1) is 18.6 Å². The number of carbonyl (C=O) groups is 3. The molecular weight excluding hydrogens is 447 g/mol. The van der Waals surface area contributed by atoms with Crippen molar-refractivity contribution < 1.29 is 19.1 Å². The molecule has 2 N–H and O–H groups in total. The van der Waals surface area contributed by atoms with E-state index in [0.717, 1.165) is 9.13 Å². The van der Waals surface area contributed by atoms with E-state index in [1.165, 1.54) is 0 Å². The molecule has 0 saturated carbocycles. The van der Waals surface area contributed by atoms with Crippen molar-refractivity contribution in [3.05, 3.63) is 69.3 Å². The molecule has 0 bridgehead atoms. The molecule has 0 fully saturated rings. The topological polar surface area (TPSA) is 84.5 Å². The summed E-state index contributed by atoms with van der Waals surface area (Å²) in [7, 11) is 0. The van der Waals surface area contributed by atoms with E-state index >= 15 is 0 Å². The summed E-state index contributed by atoms with van der Waals surface area (Å²) in [6.07, 6.45) is 0.528. The summed E-state index contributed by atoms with van der Waals surface area (Å²) in [5, 5.41) is 0. The van der Waals surface area contributed by atoms with Crippen LogP contribution in [0.1, 0.15) is 28.8 Å². The Kier molecular flexibility index (Phi) is 8.07. The first-order chi connectivity index (χ1) is 12.6. The first-order valence-electron chi connectivity index (χ1n) is 8.09. The third-order valence-electron chi connectivity index (χ3n) is 3.49. The Morgan fingerprint density at radius 3 is 2.31 bits per heavy atom. The third-order valence-corrected chi connectivity index (χ3v) is 4.43. The second kappa shape index (κ2) is 10.5. The summed E-state index contributed by atoms with van der Waals surface area (Å²) in [6, 6.07) is 16.7. The Bertz CT molecular complexity index is 765. The highest BCUT2D eigenvalue weighted by atomic mass is 127. The fraction of sp³-hybridized carbons (Fsp3) is 0.211. The van der Waals surface area contributed by atoms with Crippen LogP contribution in [-0.2, 0) is 20.7 Å². The zero-order valence-corrected chi connectivity index (χ0v) is 16.2. The Morgan fingerprint density at radius 2 is 1.58 bits per heavy atom. The van der Waals surface area contributed by atoms with Gasteiger partial charge in [-0.15, -0.1) is 0 Å². The third kappa shape index (κ3) is 6.83. The van der Waals surface area contributed by atoms with Crippen LogP contribution >= 0.6 is 22.6 Å². The van der Waals surface area contributed by atoms with E-state index in [1.807, 2.05) is 59.0 Å². The second-order valence-electron chi connectivity index (χ2n) is 5.44. The van der Waals surface area contributed by atoms with Crippen LogP contribution in [0.15, 0.2) is 54.6 Å². The van der Waals surface area contributed by atoms with E-state index in [-0.39, 0.29) is 19.4 Å². The molecule has 0 unspecified atom stereocenters. The lowest BCUT2D eigenvalue weighted by molar-refractivity contribution is -0.144. The molecule has 6 nitrogen and oxygen atoms in total. The minimum atomic E-state index is -0.454. The molecule has 0 aliphatic carbocycles. The molecule has 0 heterocycles. The van der Waals surface area contributed by atoms with Crippen LogP contribution in [0, 0.1) is 3.57 Å². The summed E-state index contributed by atoms with van der Waals surface area (Å²) in [6.45, 7) is 0.271. The zero-order chi connectivity index (χ0) is 18.8. The summed E-state index contributed by atoms with van der Waals surface area (Å²) < 4.78 is 5.88. The summed E-state index contributed by atoms with van der Waals surface area (Å²) in [4.78, 5) is 35.3. The largest absolute Gasteiger partial charge is 0.465 e. The molecule has 2 aromatic rings. The number of hydrogen-bond donors (Lipinski definition) is 2. The molecule has 136 valence electrons. The molecule has 0 spiro atoms. The number of carbonyl (C=O) groups excluding carboxylic acids is 3. The van der Waals surface area contributed by atoms with Crippen molar-refractivity contribution in [2.24, 2.45) is 0 Å². The first kappa shape index (κ1) is 19.9. The quantitative estimate of drug-likeness (QED) is 0.374. The molecule has 2 aromatic carbocycles. The highest BCUT2D eigenvalue weighted by Gasteiger charge is 2.12. The number of benzene rings is 2. The molecule has 0 aromatic heterocycles. The van der Waals surface area contributed by atoms with Gasteiger partial charge < -0.3 is 4.74 Å². The molecule has 0 radical (unpaired) electrons. The van der Waals surface area contributed by atoms with Gasteiger partial charge in [-0.3, -0.25) is 25.2 Å². The standard InChI is InChI=1S/C19H19IN2O4/c20-16-9-5-4-8-15(16)19(25)22-21-17(23)10-11-18(24)26-13-12-14-6-2-1-3-7-14/h1-9H,10-13H2,(H,21,23)(H,22,25). The highest BCUT2D eigenvalue weighted by Crippen LogP contribution is 2.10. The van der Waals surface area contributed by atoms with Gasteiger partial charge >= 0.3 is 5.97 Å². The first-order valence-corrected chi connectivity index (χ1v) is 9.17. The fourth-order valence-corrected chi connectivity index (χ4v) is 2.75. The van der Waals surface area contributed by atoms with Crippen molar-refractivity contribution in [3.63, 3.8) is 0 Å². The van der Waals surface area contributed by atoms with Gasteiger partial charge in [-0.25, -0.2) is 0 Å². The Balaban J connectivity index is 1.63. The summed E-state index contributed by atoms with van der Waals surface area (Å²) >= 11 is 2.04. The lowest BCUT2D eigenvalue weighted by Crippen LogP contribution is -2.42. The average molecular weight is 466 g/mol. The van der Waals surface area contributed by atoms with Crippen LogP contribution in [0.5, 0.6) is 0 Å². The van der Waals surface area contributed by atoms with E-state index in [4.69, 9.17) is 4.74 Å². The summed E-state index contributed by atoms with van der Waals surface area (Å²) in [5.74, 6) is -1.31. The van der Waals surface area contributed by atoms with Crippen LogP contribution in [-0.4, -0.2) is 24.4 Å². The maximum absolute atomic E-state index is 12.0. The van der Waals surface area contributed by atoms with Gasteiger partial charge in [-0.1, -0.05) is 42.5 Å². The molecule has 0 atom stereocenters. The fourth-order valence-electron chi connectivity index (χ4n) is 2.12. The second-order valence-corrected chi connectivity index (χ2v) is 6.60. The predicted molar refractivity (Wildman–Crippen MR) is 105 cm³/mol. The Morgan fingerprint density at radius 1 is 0.885 bits per heavy atom. The van der Waals surface area contributed by atoms with E-state index in [0.29, 0.717) is 12.0 Å². The van der Waals surface area contributed by atoms with Crippen LogP contribution in [0.3, 0.4) is 0 Å². The molecule has 2 rings (SSSR count). The van der Waals surface area contributed by atoms with Gasteiger partial charge in [0.1, 0.15) is 0 Å². The van der Waals surface area contributed by atoms with Crippen molar-refractivity contribution in [2.75, 3.05) is 6.61 Å². The van der Waals surface area contributed by atoms with Crippen molar-refractivity contribution in [2.45, 2.75) is 19.3 Å². The molecule has 0 aliphatic rings.